The van der Waals surface area contributed by atoms with Crippen molar-refractivity contribution in [2.45, 2.75) is 23.5 Å². The Labute approximate surface area is 262 Å². The first-order chi connectivity index (χ1) is 20.7. The highest BCUT2D eigenvalue weighted by Gasteiger charge is 2.19. The first kappa shape index (κ1) is 31.3. The molecule has 4 aromatic carbocycles. The molecule has 0 saturated heterocycles. The fraction of sp³-hybridized carbons (Fsp3) is 0.0909. The molecule has 0 aromatic heterocycles. The summed E-state index contributed by atoms with van der Waals surface area (Å²) in [5, 5.41) is 8.05. The second kappa shape index (κ2) is 15.0. The van der Waals surface area contributed by atoms with E-state index in [9.17, 15) is 19.2 Å². The third kappa shape index (κ3) is 9.16. The van der Waals surface area contributed by atoms with E-state index in [0.717, 1.165) is 14.9 Å². The van der Waals surface area contributed by atoms with E-state index in [2.05, 4.69) is 31.9 Å². The van der Waals surface area contributed by atoms with Crippen LogP contribution in [0.1, 0.15) is 39.6 Å². The Morgan fingerprint density at radius 1 is 0.814 bits per heavy atom. The van der Waals surface area contributed by atoms with Gasteiger partial charge in [0, 0.05) is 31.9 Å². The molecule has 0 fully saturated rings. The maximum absolute atomic E-state index is 13.4. The molecule has 0 aliphatic heterocycles. The van der Waals surface area contributed by atoms with Crippen LogP contribution in [0.2, 0.25) is 0 Å². The number of nitrogens with one attached hydrogen (secondary N) is 3. The quantitative estimate of drug-likeness (QED) is 0.109. The van der Waals surface area contributed by atoms with E-state index in [1.807, 2.05) is 43.3 Å². The van der Waals surface area contributed by atoms with Crippen LogP contribution in [0.3, 0.4) is 0 Å². The fourth-order valence-corrected chi connectivity index (χ4v) is 5.41. The number of thioether (sulfide) groups is 1. The van der Waals surface area contributed by atoms with Crippen molar-refractivity contribution in [1.29, 1.82) is 0 Å². The standard InChI is InChI=1S/C33H29BrN4O4S/c1-2-29(33(42)36-25-16-14-22(15-17-25)30(35)39)43-27-13-7-12-26(20-27)37-32(41)28(19-21-8-6-11-24(34)18-21)38-31(40)23-9-4-3-5-10-23/h3-20,29H,2H2,1H3,(H2,35,39)(H,36,42)(H,37,41)(H,38,40)/b28-19+. The molecule has 4 aromatic rings. The van der Waals surface area contributed by atoms with Crippen molar-refractivity contribution in [3.05, 3.63) is 130 Å². The van der Waals surface area contributed by atoms with E-state index in [0.29, 0.717) is 28.9 Å². The second-order valence-corrected chi connectivity index (χ2v) is 11.6. The smallest absolute Gasteiger partial charge is 0.272 e. The highest BCUT2D eigenvalue weighted by Crippen LogP contribution is 2.29. The van der Waals surface area contributed by atoms with Crippen LogP contribution in [0.15, 0.2) is 118 Å². The van der Waals surface area contributed by atoms with Gasteiger partial charge in [0.2, 0.25) is 11.8 Å². The lowest BCUT2D eigenvalue weighted by Gasteiger charge is -2.16. The Morgan fingerprint density at radius 2 is 1.53 bits per heavy atom. The molecular formula is C33H29BrN4O4S. The van der Waals surface area contributed by atoms with Crippen molar-refractivity contribution in [2.75, 3.05) is 10.6 Å². The van der Waals surface area contributed by atoms with Crippen molar-refractivity contribution < 1.29 is 19.2 Å². The monoisotopic (exact) mass is 656 g/mol. The van der Waals surface area contributed by atoms with Crippen molar-refractivity contribution >= 4 is 68.8 Å². The van der Waals surface area contributed by atoms with Crippen molar-refractivity contribution in [3.63, 3.8) is 0 Å². The zero-order valence-electron chi connectivity index (χ0n) is 23.2. The van der Waals surface area contributed by atoms with Crippen LogP contribution < -0.4 is 21.7 Å². The van der Waals surface area contributed by atoms with Gasteiger partial charge in [-0.3, -0.25) is 19.2 Å². The highest BCUT2D eigenvalue weighted by molar-refractivity contribution is 9.10. The number of hydrogen-bond donors (Lipinski definition) is 4. The molecule has 4 amide bonds. The molecule has 8 nitrogen and oxygen atoms in total. The van der Waals surface area contributed by atoms with Crippen LogP contribution in [-0.4, -0.2) is 28.9 Å². The number of halogens is 1. The zero-order chi connectivity index (χ0) is 30.8. The first-order valence-corrected chi connectivity index (χ1v) is 15.0. The van der Waals surface area contributed by atoms with Gasteiger partial charge in [0.05, 0.1) is 5.25 Å². The van der Waals surface area contributed by atoms with Gasteiger partial charge in [-0.15, -0.1) is 11.8 Å². The molecule has 0 radical (unpaired) electrons. The Bertz CT molecular complexity index is 1660. The molecule has 0 aliphatic carbocycles. The minimum Gasteiger partial charge on any atom is -0.366 e. The van der Waals surface area contributed by atoms with Gasteiger partial charge < -0.3 is 21.7 Å². The largest absolute Gasteiger partial charge is 0.366 e. The lowest BCUT2D eigenvalue weighted by atomic mass is 10.1. The number of anilines is 2. The van der Waals surface area contributed by atoms with E-state index in [-0.39, 0.29) is 11.6 Å². The van der Waals surface area contributed by atoms with Crippen molar-refractivity contribution in [2.24, 2.45) is 5.73 Å². The van der Waals surface area contributed by atoms with Gasteiger partial charge >= 0.3 is 0 Å². The van der Waals surface area contributed by atoms with Crippen LogP contribution in [0.5, 0.6) is 0 Å². The molecule has 1 atom stereocenters. The molecule has 10 heteroatoms. The number of rotatable bonds is 11. The third-order valence-corrected chi connectivity index (χ3v) is 8.01. The molecule has 218 valence electrons. The molecule has 0 spiro atoms. The number of nitrogens with two attached hydrogens (primary N) is 1. The van der Waals surface area contributed by atoms with E-state index < -0.39 is 23.0 Å². The summed E-state index contributed by atoms with van der Waals surface area (Å²) in [5.74, 6) is -1.66. The lowest BCUT2D eigenvalue weighted by molar-refractivity contribution is -0.116. The maximum Gasteiger partial charge on any atom is 0.272 e. The van der Waals surface area contributed by atoms with Crippen molar-refractivity contribution in [1.82, 2.24) is 5.32 Å². The normalized spacial score (nSPS) is 11.7. The predicted octanol–water partition coefficient (Wildman–Crippen LogP) is 6.47. The fourth-order valence-electron chi connectivity index (χ4n) is 3.98. The van der Waals surface area contributed by atoms with Crippen LogP contribution in [0.4, 0.5) is 11.4 Å². The summed E-state index contributed by atoms with van der Waals surface area (Å²) in [6, 6.07) is 29.5. The molecular weight excluding hydrogens is 628 g/mol. The molecule has 0 saturated carbocycles. The molecule has 5 N–H and O–H groups in total. The summed E-state index contributed by atoms with van der Waals surface area (Å²) in [6.45, 7) is 1.91. The maximum atomic E-state index is 13.4. The average Bonchev–Trinajstić information content (AvgIpc) is 3.00. The summed E-state index contributed by atoms with van der Waals surface area (Å²) < 4.78 is 0.831. The number of benzene rings is 4. The van der Waals surface area contributed by atoms with Crippen LogP contribution in [-0.2, 0) is 9.59 Å². The summed E-state index contributed by atoms with van der Waals surface area (Å²) in [6.07, 6.45) is 2.16. The minimum atomic E-state index is -0.541. The average molecular weight is 658 g/mol. The van der Waals surface area contributed by atoms with Gasteiger partial charge in [-0.25, -0.2) is 0 Å². The van der Waals surface area contributed by atoms with E-state index >= 15 is 0 Å². The van der Waals surface area contributed by atoms with E-state index in [1.54, 1.807) is 72.8 Å². The summed E-state index contributed by atoms with van der Waals surface area (Å²) >= 11 is 4.79. The SMILES string of the molecule is CCC(Sc1cccc(NC(=O)/C(=C\c2cccc(Br)c2)NC(=O)c2ccccc2)c1)C(=O)Nc1ccc(C(N)=O)cc1. The highest BCUT2D eigenvalue weighted by atomic mass is 79.9. The molecule has 0 bridgehead atoms. The van der Waals surface area contributed by atoms with Gasteiger partial charge in [0.25, 0.3) is 11.8 Å². The van der Waals surface area contributed by atoms with Crippen molar-refractivity contribution in [3.8, 4) is 0 Å². The topological polar surface area (TPSA) is 130 Å². The number of carbonyl (C=O) groups is 4. The van der Waals surface area contributed by atoms with E-state index in [4.69, 9.17) is 5.73 Å². The second-order valence-electron chi connectivity index (χ2n) is 9.36. The van der Waals surface area contributed by atoms with Gasteiger partial charge in [-0.1, -0.05) is 59.3 Å². The molecule has 1 unspecified atom stereocenters. The number of amides is 4. The van der Waals surface area contributed by atoms with Crippen LogP contribution in [0.25, 0.3) is 6.08 Å². The number of primary amides is 1. The Balaban J connectivity index is 1.48. The van der Waals surface area contributed by atoms with Gasteiger partial charge in [-0.2, -0.15) is 0 Å². The van der Waals surface area contributed by atoms with E-state index in [1.165, 1.54) is 11.8 Å². The predicted molar refractivity (Wildman–Crippen MR) is 175 cm³/mol. The zero-order valence-corrected chi connectivity index (χ0v) is 25.6. The summed E-state index contributed by atoms with van der Waals surface area (Å²) in [5.41, 5.74) is 7.90. The molecule has 0 aliphatic rings. The number of carbonyl (C=O) groups excluding carboxylic acids is 4. The molecule has 0 heterocycles. The number of hydrogen-bond acceptors (Lipinski definition) is 5. The van der Waals surface area contributed by atoms with Crippen LogP contribution >= 0.6 is 27.7 Å². The summed E-state index contributed by atoms with van der Waals surface area (Å²) in [7, 11) is 0. The minimum absolute atomic E-state index is 0.0678. The lowest BCUT2D eigenvalue weighted by Crippen LogP contribution is -2.30. The molecule has 4 rings (SSSR count). The van der Waals surface area contributed by atoms with Crippen LogP contribution in [0, 0.1) is 0 Å². The van der Waals surface area contributed by atoms with Gasteiger partial charge in [0.15, 0.2) is 0 Å². The first-order valence-electron chi connectivity index (χ1n) is 13.3. The molecule has 43 heavy (non-hydrogen) atoms. The Kier molecular flexibility index (Phi) is 10.9. The third-order valence-electron chi connectivity index (χ3n) is 6.16. The van der Waals surface area contributed by atoms with Gasteiger partial charge in [-0.05, 0) is 84.8 Å². The Morgan fingerprint density at radius 3 is 2.21 bits per heavy atom. The Hall–Kier alpha value is -4.67. The summed E-state index contributed by atoms with van der Waals surface area (Å²) in [4.78, 5) is 51.4. The van der Waals surface area contributed by atoms with Gasteiger partial charge in [0.1, 0.15) is 5.70 Å².